The van der Waals surface area contributed by atoms with Gasteiger partial charge in [0.1, 0.15) is 42.9 Å². The molecule has 4 heterocycles. The molecule has 4 aromatic heterocycles. The molecule has 0 radical (unpaired) electrons. The number of aliphatic hydroxyl groups excluding tert-OH is 1. The van der Waals surface area contributed by atoms with E-state index in [0.29, 0.717) is 48.0 Å². The number of rotatable bonds is 15. The first kappa shape index (κ1) is 34.5. The first-order chi connectivity index (χ1) is 24.3. The maximum absolute atomic E-state index is 9.80. The van der Waals surface area contributed by atoms with Gasteiger partial charge >= 0.3 is 0 Å². The molecule has 50 heavy (non-hydrogen) atoms. The average Bonchev–Trinajstić information content (AvgIpc) is 3.90. The summed E-state index contributed by atoms with van der Waals surface area (Å²) in [6.07, 6.45) is 15.0. The van der Waals surface area contributed by atoms with E-state index in [1.165, 1.54) is 6.33 Å². The third kappa shape index (κ3) is 8.10. The van der Waals surface area contributed by atoms with Gasteiger partial charge in [0, 0.05) is 43.3 Å². The summed E-state index contributed by atoms with van der Waals surface area (Å²) in [6.45, 7) is 5.01. The van der Waals surface area contributed by atoms with Crippen LogP contribution in [-0.4, -0.2) is 86.1 Å². The number of nitrogens with one attached hydrogen (secondary N) is 1. The van der Waals surface area contributed by atoms with E-state index in [4.69, 9.17) is 14.6 Å². The lowest BCUT2D eigenvalue weighted by molar-refractivity contribution is 0.0775. The van der Waals surface area contributed by atoms with Crippen LogP contribution < -0.4 is 14.8 Å². The Kier molecular flexibility index (Phi) is 11.0. The fourth-order valence-electron chi connectivity index (χ4n) is 6.41. The van der Waals surface area contributed by atoms with Crippen molar-refractivity contribution < 1.29 is 14.6 Å². The van der Waals surface area contributed by atoms with E-state index in [0.717, 1.165) is 48.9 Å². The summed E-state index contributed by atoms with van der Waals surface area (Å²) in [5.74, 6) is 1.32. The second-order valence-corrected chi connectivity index (χ2v) is 12.7. The molecule has 0 aliphatic heterocycles. The highest BCUT2D eigenvalue weighted by Gasteiger charge is 2.29. The lowest BCUT2D eigenvalue weighted by Gasteiger charge is -2.38. The van der Waals surface area contributed by atoms with E-state index < -0.39 is 0 Å². The summed E-state index contributed by atoms with van der Waals surface area (Å²) < 4.78 is 17.8. The van der Waals surface area contributed by atoms with Crippen LogP contribution in [0.25, 0.3) is 11.1 Å². The Morgan fingerprint density at radius 2 is 1.92 bits per heavy atom. The molecule has 262 valence electrons. The Labute approximate surface area is 291 Å². The summed E-state index contributed by atoms with van der Waals surface area (Å²) in [7, 11) is 4.00. The van der Waals surface area contributed by atoms with E-state index in [9.17, 15) is 10.4 Å². The zero-order valence-corrected chi connectivity index (χ0v) is 28.9. The number of hydrogen-bond acceptors (Lipinski definition) is 12. The largest absolute Gasteiger partial charge is 0.487 e. The van der Waals surface area contributed by atoms with Gasteiger partial charge in [0.15, 0.2) is 0 Å². The van der Waals surface area contributed by atoms with Gasteiger partial charge in [-0.1, -0.05) is 13.0 Å². The standard InChI is InChI=1S/C35H44N12O3/c1-5-28(20-48)44(3)29-8-10-30(11-9-29)47-19-32(34(43-47)49-21-31-12-13-40-45(31)4)42-35-38-16-27(17-39-35)25-6-7-26(15-36)33(14-25)50-24(2)18-46-23-37-22-41-46/h6-7,12-14,16-17,19,22-24,28-30,48H,5,8-11,18,20-21H2,1-4H3,(H,38,39,42)/t24-,28+,29?,30?/m0/s1. The van der Waals surface area contributed by atoms with E-state index in [2.05, 4.69) is 55.4 Å². The number of ether oxygens (including phenoxy) is 2. The van der Waals surface area contributed by atoms with Gasteiger partial charge in [0.25, 0.3) is 5.88 Å². The van der Waals surface area contributed by atoms with E-state index in [-0.39, 0.29) is 24.8 Å². The van der Waals surface area contributed by atoms with Crippen LogP contribution in [0, 0.1) is 11.3 Å². The van der Waals surface area contributed by atoms with Crippen LogP contribution in [0.15, 0.2) is 61.7 Å². The smallest absolute Gasteiger partial charge is 0.257 e. The predicted octanol–water partition coefficient (Wildman–Crippen LogP) is 4.51. The molecule has 15 nitrogen and oxygen atoms in total. The monoisotopic (exact) mass is 680 g/mol. The molecule has 0 saturated heterocycles. The van der Waals surface area contributed by atoms with Crippen LogP contribution in [0.5, 0.6) is 11.6 Å². The molecule has 15 heteroatoms. The van der Waals surface area contributed by atoms with Crippen molar-refractivity contribution in [3.05, 3.63) is 73.0 Å². The number of aliphatic hydroxyl groups is 1. The lowest BCUT2D eigenvalue weighted by Crippen LogP contribution is -2.43. The van der Waals surface area contributed by atoms with E-state index in [1.54, 1.807) is 40.3 Å². The third-order valence-electron chi connectivity index (χ3n) is 9.42. The van der Waals surface area contributed by atoms with E-state index >= 15 is 0 Å². The second-order valence-electron chi connectivity index (χ2n) is 12.7. The van der Waals surface area contributed by atoms with E-state index in [1.807, 2.05) is 43.0 Å². The number of likely N-dealkylation sites (N-methyl/N-ethyl adjacent to an activating group) is 1. The minimum absolute atomic E-state index is 0.176. The number of nitriles is 1. The average molecular weight is 681 g/mol. The minimum atomic E-state index is -0.242. The van der Waals surface area contributed by atoms with Crippen molar-refractivity contribution >= 4 is 11.6 Å². The maximum atomic E-state index is 9.80. The van der Waals surface area contributed by atoms with Gasteiger partial charge in [0.05, 0.1) is 36.6 Å². The summed E-state index contributed by atoms with van der Waals surface area (Å²) in [5, 5.41) is 36.1. The summed E-state index contributed by atoms with van der Waals surface area (Å²) >= 11 is 0. The van der Waals surface area contributed by atoms with Crippen molar-refractivity contribution in [3.63, 3.8) is 0 Å². The minimum Gasteiger partial charge on any atom is -0.487 e. The fraction of sp³-hybridized carbons (Fsp3) is 0.457. The number of nitrogens with zero attached hydrogens (tertiary/aromatic N) is 11. The molecule has 1 aromatic carbocycles. The van der Waals surface area contributed by atoms with Gasteiger partial charge in [-0.05, 0) is 69.8 Å². The Hall–Kier alpha value is -5.33. The van der Waals surface area contributed by atoms with Gasteiger partial charge in [-0.25, -0.2) is 19.6 Å². The van der Waals surface area contributed by atoms with Crippen molar-refractivity contribution in [2.24, 2.45) is 7.05 Å². The van der Waals surface area contributed by atoms with Crippen molar-refractivity contribution in [2.75, 3.05) is 19.0 Å². The van der Waals surface area contributed by atoms with Gasteiger partial charge < -0.3 is 19.9 Å². The molecule has 2 atom stereocenters. The highest BCUT2D eigenvalue weighted by molar-refractivity contribution is 5.67. The topological polar surface area (TPSA) is 170 Å². The number of benzene rings is 1. The number of aromatic nitrogens is 9. The predicted molar refractivity (Wildman–Crippen MR) is 186 cm³/mol. The molecule has 0 amide bonds. The molecule has 0 unspecified atom stereocenters. The highest BCUT2D eigenvalue weighted by Crippen LogP contribution is 2.35. The van der Waals surface area contributed by atoms with Crippen molar-refractivity contribution in [1.29, 1.82) is 5.26 Å². The second kappa shape index (κ2) is 15.9. The van der Waals surface area contributed by atoms with Crippen LogP contribution in [0.1, 0.15) is 63.3 Å². The first-order valence-electron chi connectivity index (χ1n) is 17.0. The summed E-state index contributed by atoms with van der Waals surface area (Å²) in [6, 6.07) is 10.4. The Balaban J connectivity index is 1.17. The zero-order valence-electron chi connectivity index (χ0n) is 28.9. The molecular weight excluding hydrogens is 636 g/mol. The van der Waals surface area contributed by atoms with Crippen molar-refractivity contribution in [3.8, 4) is 28.8 Å². The van der Waals surface area contributed by atoms with Crippen LogP contribution in [0.4, 0.5) is 11.6 Å². The summed E-state index contributed by atoms with van der Waals surface area (Å²) in [5.41, 5.74) is 3.61. The molecule has 0 bridgehead atoms. The quantitative estimate of drug-likeness (QED) is 0.159. The van der Waals surface area contributed by atoms with Crippen LogP contribution >= 0.6 is 0 Å². The SMILES string of the molecule is CC[C@H](CO)N(C)C1CCC(n2cc(Nc3ncc(-c4ccc(C#N)c(O[C@@H](C)Cn5cncn5)c4)cn3)c(OCc3ccnn3C)n2)CC1. The summed E-state index contributed by atoms with van der Waals surface area (Å²) in [4.78, 5) is 15.5. The van der Waals surface area contributed by atoms with Crippen molar-refractivity contribution in [1.82, 2.24) is 49.2 Å². The number of anilines is 2. The number of aryl methyl sites for hydroxylation is 1. The van der Waals surface area contributed by atoms with Gasteiger partial charge in [-0.15, -0.1) is 5.10 Å². The molecule has 2 N–H and O–H groups in total. The van der Waals surface area contributed by atoms with Gasteiger partial charge in [0.2, 0.25) is 5.95 Å². The van der Waals surface area contributed by atoms with Crippen LogP contribution in [0.2, 0.25) is 0 Å². The fourth-order valence-corrected chi connectivity index (χ4v) is 6.41. The van der Waals surface area contributed by atoms with Gasteiger partial charge in [-0.3, -0.25) is 14.3 Å². The Morgan fingerprint density at radius 1 is 1.12 bits per heavy atom. The molecule has 6 rings (SSSR count). The maximum Gasteiger partial charge on any atom is 0.257 e. The zero-order chi connectivity index (χ0) is 35.0. The molecule has 1 aliphatic carbocycles. The molecule has 1 fully saturated rings. The molecule has 1 aliphatic rings. The van der Waals surface area contributed by atoms with Gasteiger partial charge in [-0.2, -0.15) is 15.5 Å². The normalized spacial score (nSPS) is 17.3. The third-order valence-corrected chi connectivity index (χ3v) is 9.42. The number of hydrogen-bond donors (Lipinski definition) is 2. The first-order valence-corrected chi connectivity index (χ1v) is 17.0. The van der Waals surface area contributed by atoms with Crippen LogP contribution in [-0.2, 0) is 20.2 Å². The lowest BCUT2D eigenvalue weighted by atomic mass is 9.89. The molecule has 1 saturated carbocycles. The molecule has 0 spiro atoms. The Bertz CT molecular complexity index is 1850. The Morgan fingerprint density at radius 3 is 2.58 bits per heavy atom. The van der Waals surface area contributed by atoms with Crippen LogP contribution in [0.3, 0.4) is 0 Å². The molecule has 5 aromatic rings. The van der Waals surface area contributed by atoms with Crippen molar-refractivity contribution in [2.45, 2.75) is 83.3 Å². The molecular formula is C35H44N12O3. The highest BCUT2D eigenvalue weighted by atomic mass is 16.5.